The minimum atomic E-state index is -3.72. The lowest BCUT2D eigenvalue weighted by molar-refractivity contribution is -0.116. The Kier molecular flexibility index (Phi) is 6.54. The van der Waals surface area contributed by atoms with Crippen molar-refractivity contribution in [3.8, 4) is 0 Å². The molecule has 152 valence electrons. The molecule has 0 bridgehead atoms. The Balaban J connectivity index is 1.79. The summed E-state index contributed by atoms with van der Waals surface area (Å²) in [6.07, 6.45) is 4.78. The Morgan fingerprint density at radius 3 is 2.68 bits per heavy atom. The topological polar surface area (TPSA) is 92.8 Å². The van der Waals surface area contributed by atoms with Gasteiger partial charge in [-0.1, -0.05) is 12.5 Å². The number of hydrogen-bond donors (Lipinski definition) is 1. The number of hydrogen-bond acceptors (Lipinski definition) is 7. The number of methoxy groups -OCH3 is 1. The molecule has 0 aromatic carbocycles. The Morgan fingerprint density at radius 2 is 2.00 bits per heavy atom. The van der Waals surface area contributed by atoms with Crippen LogP contribution in [-0.4, -0.2) is 45.3 Å². The molecule has 28 heavy (non-hydrogen) atoms. The van der Waals surface area contributed by atoms with E-state index in [1.807, 2.05) is 0 Å². The van der Waals surface area contributed by atoms with Crippen LogP contribution in [0.15, 0.2) is 21.7 Å². The lowest BCUT2D eigenvalue weighted by Crippen LogP contribution is -2.34. The van der Waals surface area contributed by atoms with Crippen LogP contribution in [0.4, 0.5) is 5.00 Å². The van der Waals surface area contributed by atoms with E-state index in [9.17, 15) is 18.0 Å². The van der Waals surface area contributed by atoms with Crippen LogP contribution in [-0.2, 0) is 32.4 Å². The van der Waals surface area contributed by atoms with Crippen molar-refractivity contribution in [1.29, 1.82) is 0 Å². The van der Waals surface area contributed by atoms with Gasteiger partial charge in [0.1, 0.15) is 9.21 Å². The van der Waals surface area contributed by atoms with E-state index in [-0.39, 0.29) is 10.8 Å². The van der Waals surface area contributed by atoms with Gasteiger partial charge in [-0.25, -0.2) is 13.2 Å². The summed E-state index contributed by atoms with van der Waals surface area (Å²) < 4.78 is 31.1. The molecule has 7 nitrogen and oxygen atoms in total. The second-order valence-corrected chi connectivity index (χ2v) is 10.8. The second kappa shape index (κ2) is 8.73. The fraction of sp³-hybridized carbons (Fsp3) is 0.444. The van der Waals surface area contributed by atoms with Crippen molar-refractivity contribution >= 4 is 49.6 Å². The first-order chi connectivity index (χ1) is 13.3. The largest absolute Gasteiger partial charge is 0.465 e. The van der Waals surface area contributed by atoms with Crippen LogP contribution in [0.1, 0.15) is 40.1 Å². The van der Waals surface area contributed by atoms with Gasteiger partial charge < -0.3 is 10.1 Å². The molecule has 1 amide bonds. The highest BCUT2D eigenvalue weighted by atomic mass is 32.2. The van der Waals surface area contributed by atoms with Crippen LogP contribution in [0.25, 0.3) is 0 Å². The number of sulfonamides is 1. The summed E-state index contributed by atoms with van der Waals surface area (Å²) in [5.41, 5.74) is 1.35. The molecule has 10 heteroatoms. The summed E-state index contributed by atoms with van der Waals surface area (Å²) in [5.74, 6) is -0.974. The molecule has 2 aromatic heterocycles. The average molecular weight is 443 g/mol. The third kappa shape index (κ3) is 4.29. The molecule has 0 saturated carbocycles. The van der Waals surface area contributed by atoms with Crippen LogP contribution < -0.4 is 5.32 Å². The summed E-state index contributed by atoms with van der Waals surface area (Å²) in [6.45, 7) is -0.344. The van der Waals surface area contributed by atoms with Crippen molar-refractivity contribution < 1.29 is 22.7 Å². The Bertz CT molecular complexity index is 964. The zero-order valence-electron chi connectivity index (χ0n) is 15.7. The second-order valence-electron chi connectivity index (χ2n) is 6.50. The van der Waals surface area contributed by atoms with E-state index in [1.165, 1.54) is 31.6 Å². The molecule has 0 fully saturated rings. The number of ether oxygens (including phenoxy) is 1. The zero-order valence-corrected chi connectivity index (χ0v) is 18.1. The summed E-state index contributed by atoms with van der Waals surface area (Å²) in [7, 11) is -1.04. The molecule has 0 unspecified atom stereocenters. The fourth-order valence-corrected chi connectivity index (χ4v) is 6.79. The van der Waals surface area contributed by atoms with Crippen molar-refractivity contribution in [2.45, 2.75) is 36.3 Å². The van der Waals surface area contributed by atoms with Gasteiger partial charge in [-0.3, -0.25) is 4.79 Å². The summed E-state index contributed by atoms with van der Waals surface area (Å²) in [5, 5.41) is 4.83. The normalized spacial score (nSPS) is 14.4. The number of fused-ring (bicyclic) bond motifs is 1. The lowest BCUT2D eigenvalue weighted by Gasteiger charge is -2.15. The molecule has 2 aromatic rings. The summed E-state index contributed by atoms with van der Waals surface area (Å²) >= 11 is 2.48. The van der Waals surface area contributed by atoms with Gasteiger partial charge in [0.05, 0.1) is 19.2 Å². The predicted molar refractivity (Wildman–Crippen MR) is 110 cm³/mol. The molecule has 2 heterocycles. The van der Waals surface area contributed by atoms with Crippen molar-refractivity contribution in [2.75, 3.05) is 26.0 Å². The standard InChI is InChI=1S/C18H22N2O5S3/c1-20(28(23,24)15-9-6-10-26-15)11-14(21)19-17-16(18(22)25-2)12-7-4-3-5-8-13(12)27-17/h6,9-10H,3-5,7-8,11H2,1-2H3,(H,19,21). The average Bonchev–Trinajstić information content (AvgIpc) is 3.25. The van der Waals surface area contributed by atoms with Gasteiger partial charge in [0.25, 0.3) is 10.0 Å². The number of aryl methyl sites for hydroxylation is 1. The predicted octanol–water partition coefficient (Wildman–Crippen LogP) is 3.12. The lowest BCUT2D eigenvalue weighted by atomic mass is 10.1. The smallest absolute Gasteiger partial charge is 0.341 e. The van der Waals surface area contributed by atoms with Gasteiger partial charge in [0.2, 0.25) is 5.91 Å². The number of carbonyl (C=O) groups excluding carboxylic acids is 2. The van der Waals surface area contributed by atoms with Crippen LogP contribution >= 0.6 is 22.7 Å². The molecular formula is C18H22N2O5S3. The SMILES string of the molecule is COC(=O)c1c(NC(=O)CN(C)S(=O)(=O)c2cccs2)sc2c1CCCCC2. The van der Waals surface area contributed by atoms with Crippen LogP contribution in [0, 0.1) is 0 Å². The number of esters is 1. The number of likely N-dealkylation sites (N-methyl/N-ethyl adjacent to an activating group) is 1. The van der Waals surface area contributed by atoms with E-state index in [1.54, 1.807) is 11.4 Å². The molecule has 0 saturated heterocycles. The minimum absolute atomic E-state index is 0.181. The van der Waals surface area contributed by atoms with E-state index < -0.39 is 21.9 Å². The van der Waals surface area contributed by atoms with Crippen molar-refractivity contribution in [2.24, 2.45) is 0 Å². The third-order valence-electron chi connectivity index (χ3n) is 4.59. The molecule has 0 spiro atoms. The van der Waals surface area contributed by atoms with E-state index >= 15 is 0 Å². The van der Waals surface area contributed by atoms with Crippen molar-refractivity contribution in [3.05, 3.63) is 33.5 Å². The van der Waals surface area contributed by atoms with Gasteiger partial charge in [0, 0.05) is 11.9 Å². The van der Waals surface area contributed by atoms with E-state index in [0.29, 0.717) is 10.6 Å². The maximum Gasteiger partial charge on any atom is 0.341 e. The summed E-state index contributed by atoms with van der Waals surface area (Å²) in [4.78, 5) is 25.9. The number of amides is 1. The Hall–Kier alpha value is -1.75. The monoisotopic (exact) mass is 442 g/mol. The van der Waals surface area contributed by atoms with Crippen LogP contribution in [0.2, 0.25) is 0 Å². The first kappa shape index (κ1) is 21.0. The van der Waals surface area contributed by atoms with E-state index in [4.69, 9.17) is 4.74 Å². The number of nitrogens with zero attached hydrogens (tertiary/aromatic N) is 1. The molecule has 0 aliphatic heterocycles. The van der Waals surface area contributed by atoms with Gasteiger partial charge in [0.15, 0.2) is 0 Å². The molecular weight excluding hydrogens is 420 g/mol. The van der Waals surface area contributed by atoms with Gasteiger partial charge >= 0.3 is 5.97 Å². The Labute approximate surface area is 172 Å². The van der Waals surface area contributed by atoms with Crippen LogP contribution in [0.3, 0.4) is 0 Å². The van der Waals surface area contributed by atoms with E-state index in [0.717, 1.165) is 58.2 Å². The maximum absolute atomic E-state index is 12.5. The highest BCUT2D eigenvalue weighted by Gasteiger charge is 2.28. The van der Waals surface area contributed by atoms with Gasteiger partial charge in [-0.05, 0) is 42.7 Å². The van der Waals surface area contributed by atoms with Gasteiger partial charge in [-0.15, -0.1) is 22.7 Å². The highest BCUT2D eigenvalue weighted by Crippen LogP contribution is 2.38. The summed E-state index contributed by atoms with van der Waals surface area (Å²) in [6, 6.07) is 3.15. The zero-order chi connectivity index (χ0) is 20.3. The Morgan fingerprint density at radius 1 is 1.25 bits per heavy atom. The maximum atomic E-state index is 12.5. The molecule has 0 radical (unpaired) electrons. The number of anilines is 1. The molecule has 3 rings (SSSR count). The minimum Gasteiger partial charge on any atom is -0.465 e. The van der Waals surface area contributed by atoms with Crippen molar-refractivity contribution in [1.82, 2.24) is 4.31 Å². The highest BCUT2D eigenvalue weighted by molar-refractivity contribution is 7.91. The molecule has 1 N–H and O–H groups in total. The first-order valence-electron chi connectivity index (χ1n) is 8.87. The quantitative estimate of drug-likeness (QED) is 0.548. The number of nitrogens with one attached hydrogen (secondary N) is 1. The first-order valence-corrected chi connectivity index (χ1v) is 12.0. The number of carbonyl (C=O) groups is 2. The third-order valence-corrected chi connectivity index (χ3v) is 8.97. The number of thiophene rings is 2. The molecule has 1 aliphatic carbocycles. The van der Waals surface area contributed by atoms with Crippen LogP contribution in [0.5, 0.6) is 0 Å². The van der Waals surface area contributed by atoms with Crippen molar-refractivity contribution in [3.63, 3.8) is 0 Å². The van der Waals surface area contributed by atoms with Gasteiger partial charge in [-0.2, -0.15) is 4.31 Å². The van der Waals surface area contributed by atoms with E-state index in [2.05, 4.69) is 5.32 Å². The molecule has 1 aliphatic rings. The fourth-order valence-electron chi connectivity index (χ4n) is 3.17. The number of rotatable bonds is 6. The molecule has 0 atom stereocenters.